The van der Waals surface area contributed by atoms with Crippen molar-refractivity contribution in [1.29, 1.82) is 0 Å². The molecule has 0 spiro atoms. The molecule has 0 saturated heterocycles. The highest BCUT2D eigenvalue weighted by atomic mass is 19.1. The van der Waals surface area contributed by atoms with Crippen LogP contribution >= 0.6 is 0 Å². The molecule has 172 valence electrons. The van der Waals surface area contributed by atoms with Crippen LogP contribution in [0, 0.1) is 18.7 Å². The first-order valence-electron chi connectivity index (χ1n) is 11.1. The lowest BCUT2D eigenvalue weighted by Gasteiger charge is -2.11. The lowest BCUT2D eigenvalue weighted by atomic mass is 9.96. The van der Waals surface area contributed by atoms with E-state index >= 15 is 0 Å². The number of Topliss-reactive ketones (excluding diaryl/α,β-unsaturated/α-hetero) is 1. The summed E-state index contributed by atoms with van der Waals surface area (Å²) < 4.78 is 20.1. The number of nitrogens with one attached hydrogen (secondary N) is 1. The van der Waals surface area contributed by atoms with Gasteiger partial charge in [-0.2, -0.15) is 4.98 Å². The molecular formula is C25H27FN4O3. The van der Waals surface area contributed by atoms with E-state index < -0.39 is 5.82 Å². The van der Waals surface area contributed by atoms with Gasteiger partial charge in [-0.05, 0) is 67.1 Å². The fourth-order valence-corrected chi connectivity index (χ4v) is 3.45. The summed E-state index contributed by atoms with van der Waals surface area (Å²) in [6.45, 7) is 7.69. The molecule has 1 aliphatic carbocycles. The van der Waals surface area contributed by atoms with Gasteiger partial charge in [0.25, 0.3) is 5.89 Å². The molecule has 33 heavy (non-hydrogen) atoms. The van der Waals surface area contributed by atoms with Crippen molar-refractivity contribution < 1.29 is 18.5 Å². The van der Waals surface area contributed by atoms with Crippen LogP contribution in [0.15, 0.2) is 35.0 Å². The first-order valence-corrected chi connectivity index (χ1v) is 11.1. The molecule has 2 aromatic heterocycles. The van der Waals surface area contributed by atoms with Gasteiger partial charge in [-0.3, -0.25) is 9.59 Å². The molecule has 1 fully saturated rings. The third-order valence-electron chi connectivity index (χ3n) is 5.65. The average molecular weight is 451 g/mol. The van der Waals surface area contributed by atoms with Crippen molar-refractivity contribution >= 4 is 17.5 Å². The highest BCUT2D eigenvalue weighted by Gasteiger charge is 2.30. The number of benzene rings is 1. The summed E-state index contributed by atoms with van der Waals surface area (Å²) in [7, 11) is 0. The van der Waals surface area contributed by atoms with Crippen molar-refractivity contribution in [2.24, 2.45) is 5.92 Å². The number of amides is 1. The number of hydrogen-bond donors (Lipinski definition) is 1. The quantitative estimate of drug-likeness (QED) is 0.507. The predicted octanol–water partition coefficient (Wildman–Crippen LogP) is 5.04. The monoisotopic (exact) mass is 450 g/mol. The van der Waals surface area contributed by atoms with Gasteiger partial charge < -0.3 is 9.84 Å². The van der Waals surface area contributed by atoms with Gasteiger partial charge in [0.05, 0.1) is 0 Å². The number of nitrogens with zero attached hydrogens (tertiary/aromatic N) is 3. The molecule has 0 aliphatic heterocycles. The number of aromatic nitrogens is 3. The van der Waals surface area contributed by atoms with Crippen LogP contribution in [-0.2, 0) is 16.6 Å². The van der Waals surface area contributed by atoms with E-state index in [1.807, 2.05) is 27.7 Å². The highest BCUT2D eigenvalue weighted by molar-refractivity contribution is 5.93. The van der Waals surface area contributed by atoms with Gasteiger partial charge in [-0.25, -0.2) is 9.37 Å². The lowest BCUT2D eigenvalue weighted by Crippen LogP contribution is -2.14. The number of hydrogen-bond acceptors (Lipinski definition) is 6. The average Bonchev–Trinajstić information content (AvgIpc) is 3.49. The van der Waals surface area contributed by atoms with E-state index in [4.69, 9.17) is 4.52 Å². The molecule has 0 radical (unpaired) electrons. The van der Waals surface area contributed by atoms with Crippen LogP contribution in [0.25, 0.3) is 11.1 Å². The minimum Gasteiger partial charge on any atom is -0.331 e. The van der Waals surface area contributed by atoms with Crippen LogP contribution in [0.5, 0.6) is 0 Å². The molecule has 0 atom stereocenters. The molecule has 8 heteroatoms. The van der Waals surface area contributed by atoms with Crippen molar-refractivity contribution in [3.05, 3.63) is 59.1 Å². The predicted molar refractivity (Wildman–Crippen MR) is 121 cm³/mol. The third-order valence-corrected chi connectivity index (χ3v) is 5.65. The smallest absolute Gasteiger partial charge is 0.294 e. The van der Waals surface area contributed by atoms with Crippen LogP contribution in [0.3, 0.4) is 0 Å². The Hall–Kier alpha value is -3.42. The Balaban J connectivity index is 1.46. The molecule has 1 N–H and O–H groups in total. The summed E-state index contributed by atoms with van der Waals surface area (Å²) in [6, 6.07) is 6.58. The normalized spacial score (nSPS) is 13.7. The third kappa shape index (κ3) is 5.32. The molecule has 1 saturated carbocycles. The Morgan fingerprint density at radius 2 is 1.97 bits per heavy atom. The maximum atomic E-state index is 15.0. The molecule has 3 aromatic rings. The van der Waals surface area contributed by atoms with E-state index in [-0.39, 0.29) is 35.3 Å². The zero-order valence-corrected chi connectivity index (χ0v) is 19.2. The first-order chi connectivity index (χ1) is 15.6. The minimum absolute atomic E-state index is 0.0211. The SMILES string of the molecule is Cc1cc(-c2ccnc(NC(=O)C3CC3)c2)c(F)cc1CCC(=O)c1nc(C(C)(C)C)no1. The molecule has 4 rings (SSSR count). The van der Waals surface area contributed by atoms with Gasteiger partial charge in [0.15, 0.2) is 5.82 Å². The summed E-state index contributed by atoms with van der Waals surface area (Å²) in [6.07, 6.45) is 3.84. The van der Waals surface area contributed by atoms with Gasteiger partial charge in [0, 0.05) is 29.5 Å². The molecular weight excluding hydrogens is 423 g/mol. The van der Waals surface area contributed by atoms with E-state index in [1.54, 1.807) is 24.4 Å². The molecule has 0 bridgehead atoms. The van der Waals surface area contributed by atoms with Crippen molar-refractivity contribution in [2.75, 3.05) is 5.32 Å². The number of pyridine rings is 1. The molecule has 0 unspecified atom stereocenters. The van der Waals surface area contributed by atoms with E-state index in [0.29, 0.717) is 29.2 Å². The second-order valence-electron chi connectivity index (χ2n) is 9.55. The van der Waals surface area contributed by atoms with Crippen molar-refractivity contribution in [1.82, 2.24) is 15.1 Å². The maximum absolute atomic E-state index is 15.0. The zero-order chi connectivity index (χ0) is 23.8. The van der Waals surface area contributed by atoms with Gasteiger partial charge in [0.1, 0.15) is 11.6 Å². The molecule has 2 heterocycles. The fraction of sp³-hybridized carbons (Fsp3) is 0.400. The van der Waals surface area contributed by atoms with Gasteiger partial charge in [-0.1, -0.05) is 25.9 Å². The van der Waals surface area contributed by atoms with E-state index in [0.717, 1.165) is 24.0 Å². The van der Waals surface area contributed by atoms with E-state index in [9.17, 15) is 14.0 Å². The summed E-state index contributed by atoms with van der Waals surface area (Å²) in [5.41, 5.74) is 2.32. The standard InChI is InChI=1S/C25H27FN4O3/c1-14-11-18(17-9-10-27-21(13-17)28-22(32)15-5-6-15)19(26)12-16(14)7-8-20(31)23-29-24(30-33-23)25(2,3)4/h9-13,15H,5-8H2,1-4H3,(H,27,28,32). The Morgan fingerprint density at radius 3 is 2.64 bits per heavy atom. The number of carbonyl (C=O) groups is 2. The Kier molecular flexibility index (Phi) is 6.10. The van der Waals surface area contributed by atoms with Crippen molar-refractivity contribution in [3.63, 3.8) is 0 Å². The van der Waals surface area contributed by atoms with E-state index in [1.165, 1.54) is 6.07 Å². The summed E-state index contributed by atoms with van der Waals surface area (Å²) in [5, 5.41) is 6.67. The second kappa shape index (κ2) is 8.84. The molecule has 1 aromatic carbocycles. The maximum Gasteiger partial charge on any atom is 0.294 e. The van der Waals surface area contributed by atoms with Gasteiger partial charge in [0.2, 0.25) is 11.7 Å². The zero-order valence-electron chi connectivity index (χ0n) is 19.2. The fourth-order valence-electron chi connectivity index (χ4n) is 3.45. The summed E-state index contributed by atoms with van der Waals surface area (Å²) in [5.74, 6) is 0.199. The molecule has 1 amide bonds. The molecule has 1 aliphatic rings. The number of carbonyl (C=O) groups excluding carboxylic acids is 2. The van der Waals surface area contributed by atoms with Crippen LogP contribution < -0.4 is 5.32 Å². The van der Waals surface area contributed by atoms with Crippen LogP contribution in [0.1, 0.15) is 67.7 Å². The Labute approximate surface area is 191 Å². The number of ketones is 1. The Bertz CT molecular complexity index is 1210. The Morgan fingerprint density at radius 1 is 1.21 bits per heavy atom. The number of halogens is 1. The van der Waals surface area contributed by atoms with Gasteiger partial charge in [-0.15, -0.1) is 0 Å². The summed E-state index contributed by atoms with van der Waals surface area (Å²) in [4.78, 5) is 32.9. The van der Waals surface area contributed by atoms with Gasteiger partial charge >= 0.3 is 0 Å². The summed E-state index contributed by atoms with van der Waals surface area (Å²) >= 11 is 0. The number of anilines is 1. The first kappa shape index (κ1) is 22.8. The van der Waals surface area contributed by atoms with Crippen LogP contribution in [0.2, 0.25) is 0 Å². The number of aryl methyl sites for hydroxylation is 2. The number of rotatable bonds is 7. The topological polar surface area (TPSA) is 98.0 Å². The largest absolute Gasteiger partial charge is 0.331 e. The van der Waals surface area contributed by atoms with E-state index in [2.05, 4.69) is 20.4 Å². The molecule has 7 nitrogen and oxygen atoms in total. The van der Waals surface area contributed by atoms with Crippen LogP contribution in [0.4, 0.5) is 10.2 Å². The van der Waals surface area contributed by atoms with Crippen LogP contribution in [-0.4, -0.2) is 26.8 Å². The van der Waals surface area contributed by atoms with Crippen molar-refractivity contribution in [3.8, 4) is 11.1 Å². The second-order valence-corrected chi connectivity index (χ2v) is 9.55. The lowest BCUT2D eigenvalue weighted by molar-refractivity contribution is -0.117. The highest BCUT2D eigenvalue weighted by Crippen LogP contribution is 2.31. The van der Waals surface area contributed by atoms with Crippen molar-refractivity contribution in [2.45, 2.75) is 58.8 Å². The minimum atomic E-state index is -0.401.